The molecule has 4 saturated carbocycles. The number of likely N-dealkylation sites (N-methyl/N-ethyl adjacent to an activating group) is 1. The highest BCUT2D eigenvalue weighted by Crippen LogP contribution is 2.84. The van der Waals surface area contributed by atoms with E-state index in [1.165, 1.54) is 37.7 Å². The topological polar surface area (TPSA) is 49.4 Å². The third-order valence-corrected chi connectivity index (χ3v) is 9.44. The van der Waals surface area contributed by atoms with Crippen molar-refractivity contribution in [3.05, 3.63) is 29.8 Å². The van der Waals surface area contributed by atoms with Crippen molar-refractivity contribution in [3.63, 3.8) is 0 Å². The van der Waals surface area contributed by atoms with Crippen molar-refractivity contribution in [2.45, 2.75) is 42.4 Å². The molecular weight excluding hydrogens is 332 g/mol. The van der Waals surface area contributed by atoms with Crippen LogP contribution >= 0.6 is 0 Å². The minimum Gasteiger partial charge on any atom is -0.308 e. The van der Waals surface area contributed by atoms with Crippen LogP contribution in [-0.4, -0.2) is 40.5 Å². The van der Waals surface area contributed by atoms with E-state index in [4.69, 9.17) is 0 Å². The number of sulfonamides is 1. The summed E-state index contributed by atoms with van der Waals surface area (Å²) in [5, 5.41) is 0. The van der Waals surface area contributed by atoms with Crippen molar-refractivity contribution < 1.29 is 8.42 Å². The Labute approximate surface area is 151 Å². The number of rotatable bonds is 6. The Morgan fingerprint density at radius 1 is 1.08 bits per heavy atom. The van der Waals surface area contributed by atoms with Gasteiger partial charge in [-0.15, -0.1) is 0 Å². The second-order valence-corrected chi connectivity index (χ2v) is 11.0. The normalized spacial score (nSPS) is 40.7. The Bertz CT molecular complexity index is 783. The molecule has 1 spiro atoms. The van der Waals surface area contributed by atoms with Crippen molar-refractivity contribution in [2.24, 2.45) is 23.2 Å². The van der Waals surface area contributed by atoms with E-state index in [1.807, 2.05) is 31.1 Å². The Balaban J connectivity index is 1.34. The van der Waals surface area contributed by atoms with Gasteiger partial charge in [-0.2, -0.15) is 0 Å². The van der Waals surface area contributed by atoms with Crippen LogP contribution in [0.1, 0.15) is 37.7 Å². The molecule has 5 rings (SSSR count). The van der Waals surface area contributed by atoms with Crippen LogP contribution in [0, 0.1) is 23.2 Å². The van der Waals surface area contributed by atoms with Gasteiger partial charge < -0.3 is 4.90 Å². The lowest BCUT2D eigenvalue weighted by Crippen LogP contribution is -2.59. The first kappa shape index (κ1) is 16.3. The van der Waals surface area contributed by atoms with Gasteiger partial charge in [0.2, 0.25) is 10.0 Å². The number of nitrogens with zero attached hydrogens (tertiary/aromatic N) is 1. The molecule has 5 heteroatoms. The first-order valence-corrected chi connectivity index (χ1v) is 11.1. The van der Waals surface area contributed by atoms with Crippen molar-refractivity contribution in [1.29, 1.82) is 0 Å². The third-order valence-electron chi connectivity index (χ3n) is 7.97. The monoisotopic (exact) mass is 360 g/mol. The largest absolute Gasteiger partial charge is 0.308 e. The molecule has 2 bridgehead atoms. The van der Waals surface area contributed by atoms with E-state index >= 15 is 0 Å². The predicted molar refractivity (Wildman–Crippen MR) is 97.9 cm³/mol. The highest BCUT2D eigenvalue weighted by molar-refractivity contribution is 7.89. The average molecular weight is 361 g/mol. The van der Waals surface area contributed by atoms with E-state index < -0.39 is 10.0 Å². The van der Waals surface area contributed by atoms with E-state index in [2.05, 4.69) is 16.9 Å². The number of hydrogen-bond donors (Lipinski definition) is 1. The summed E-state index contributed by atoms with van der Waals surface area (Å²) in [6.45, 7) is 1.14. The molecule has 0 saturated heterocycles. The molecular formula is C20H28N2O2S. The van der Waals surface area contributed by atoms with Crippen LogP contribution in [0.2, 0.25) is 0 Å². The SMILES string of the molecule is CN(C)CCNS(=O)(=O)c1ccc(C23CC4CC5CC(C2)C54C3)cc1. The lowest BCUT2D eigenvalue weighted by Gasteiger charge is -2.66. The Hall–Kier alpha value is -0.910. The number of fused-ring (bicyclic) bond motifs is 1. The van der Waals surface area contributed by atoms with Crippen molar-refractivity contribution in [2.75, 3.05) is 27.2 Å². The fraction of sp³-hybridized carbons (Fsp3) is 0.700. The van der Waals surface area contributed by atoms with Crippen LogP contribution in [0.25, 0.3) is 0 Å². The lowest BCUT2D eigenvalue weighted by atomic mass is 9.38. The predicted octanol–water partition coefficient (Wildman–Crippen LogP) is 2.60. The second-order valence-electron chi connectivity index (χ2n) is 9.27. The second kappa shape index (κ2) is 5.08. The molecule has 1 aromatic carbocycles. The molecule has 0 radical (unpaired) electrons. The van der Waals surface area contributed by atoms with E-state index in [9.17, 15) is 8.42 Å². The molecule has 136 valence electrons. The smallest absolute Gasteiger partial charge is 0.240 e. The molecule has 25 heavy (non-hydrogen) atoms. The third kappa shape index (κ3) is 2.09. The molecule has 4 aliphatic carbocycles. The minimum absolute atomic E-state index is 0.348. The van der Waals surface area contributed by atoms with Gasteiger partial charge in [0.15, 0.2) is 0 Å². The lowest BCUT2D eigenvalue weighted by molar-refractivity contribution is -0.175. The summed E-state index contributed by atoms with van der Waals surface area (Å²) in [7, 11) is 0.479. The zero-order chi connectivity index (χ0) is 17.4. The Morgan fingerprint density at radius 3 is 2.24 bits per heavy atom. The summed E-state index contributed by atoms with van der Waals surface area (Å²) in [4.78, 5) is 2.37. The van der Waals surface area contributed by atoms with E-state index in [1.54, 1.807) is 0 Å². The number of benzene rings is 1. The molecule has 2 unspecified atom stereocenters. The fourth-order valence-corrected chi connectivity index (χ4v) is 7.91. The fourth-order valence-electron chi connectivity index (χ4n) is 6.89. The maximum Gasteiger partial charge on any atom is 0.240 e. The van der Waals surface area contributed by atoms with Crippen LogP contribution in [0.3, 0.4) is 0 Å². The zero-order valence-electron chi connectivity index (χ0n) is 15.2. The van der Waals surface area contributed by atoms with Crippen LogP contribution in [-0.2, 0) is 15.4 Å². The molecule has 1 aromatic rings. The minimum atomic E-state index is -3.40. The van der Waals surface area contributed by atoms with E-state index in [0.717, 1.165) is 17.8 Å². The standard InChI is InChI=1S/C20H28N2O2S/c1-22(2)8-7-21-25(23,24)18-5-3-14(4-6-18)19-11-16-9-15-10-17(12-19)20(15,16)13-19/h3-6,15-17,21H,7-13H2,1-2H3. The summed E-state index contributed by atoms with van der Waals surface area (Å²) >= 11 is 0. The summed E-state index contributed by atoms with van der Waals surface area (Å²) in [6, 6.07) is 7.83. The van der Waals surface area contributed by atoms with Gasteiger partial charge in [-0.05, 0) is 92.5 Å². The van der Waals surface area contributed by atoms with Crippen LogP contribution in [0.4, 0.5) is 0 Å². The van der Waals surface area contributed by atoms with Crippen LogP contribution in [0.15, 0.2) is 29.2 Å². The molecule has 0 aliphatic heterocycles. The molecule has 0 amide bonds. The van der Waals surface area contributed by atoms with Gasteiger partial charge in [-0.25, -0.2) is 13.1 Å². The van der Waals surface area contributed by atoms with Gasteiger partial charge in [0.1, 0.15) is 0 Å². The van der Waals surface area contributed by atoms with Crippen molar-refractivity contribution in [3.8, 4) is 0 Å². The van der Waals surface area contributed by atoms with Crippen molar-refractivity contribution >= 4 is 10.0 Å². The maximum absolute atomic E-state index is 12.4. The highest BCUT2D eigenvalue weighted by atomic mass is 32.2. The molecule has 0 aromatic heterocycles. The molecule has 4 aliphatic rings. The summed E-state index contributed by atoms with van der Waals surface area (Å²) in [6.07, 6.45) is 6.97. The molecule has 4 fully saturated rings. The van der Waals surface area contributed by atoms with Gasteiger partial charge >= 0.3 is 0 Å². The van der Waals surface area contributed by atoms with Gasteiger partial charge in [-0.3, -0.25) is 0 Å². The van der Waals surface area contributed by atoms with E-state index in [0.29, 0.717) is 28.8 Å². The quantitative estimate of drug-likeness (QED) is 0.848. The molecule has 1 N–H and O–H groups in total. The number of hydrogen-bond acceptors (Lipinski definition) is 3. The first-order valence-electron chi connectivity index (χ1n) is 9.61. The molecule has 4 nitrogen and oxygen atoms in total. The van der Waals surface area contributed by atoms with Gasteiger partial charge in [0.05, 0.1) is 4.90 Å². The van der Waals surface area contributed by atoms with E-state index in [-0.39, 0.29) is 0 Å². The summed E-state index contributed by atoms with van der Waals surface area (Å²) in [5.41, 5.74) is 2.44. The highest BCUT2D eigenvalue weighted by Gasteiger charge is 2.77. The van der Waals surface area contributed by atoms with Gasteiger partial charge in [0, 0.05) is 13.1 Å². The summed E-state index contributed by atoms with van der Waals surface area (Å²) < 4.78 is 27.6. The van der Waals surface area contributed by atoms with Crippen LogP contribution < -0.4 is 4.72 Å². The summed E-state index contributed by atoms with van der Waals surface area (Å²) in [5.74, 6) is 2.94. The Morgan fingerprint density at radius 2 is 1.72 bits per heavy atom. The average Bonchev–Trinajstić information content (AvgIpc) is 3.02. The zero-order valence-corrected chi connectivity index (χ0v) is 16.0. The first-order chi connectivity index (χ1) is 11.9. The number of nitrogens with one attached hydrogen (secondary N) is 1. The van der Waals surface area contributed by atoms with Crippen LogP contribution in [0.5, 0.6) is 0 Å². The molecule has 0 heterocycles. The van der Waals surface area contributed by atoms with Gasteiger partial charge in [-0.1, -0.05) is 12.1 Å². The van der Waals surface area contributed by atoms with Crippen molar-refractivity contribution in [1.82, 2.24) is 9.62 Å². The molecule has 2 atom stereocenters. The van der Waals surface area contributed by atoms with Gasteiger partial charge in [0.25, 0.3) is 0 Å². The Kier molecular flexibility index (Phi) is 3.31. The maximum atomic E-state index is 12.4.